The van der Waals surface area contributed by atoms with Crippen molar-refractivity contribution >= 4 is 5.91 Å². The Morgan fingerprint density at radius 2 is 1.52 bits per heavy atom. The van der Waals surface area contributed by atoms with Crippen molar-refractivity contribution < 1.29 is 9.53 Å². The van der Waals surface area contributed by atoms with E-state index in [0.717, 1.165) is 22.3 Å². The molecule has 0 saturated heterocycles. The van der Waals surface area contributed by atoms with Gasteiger partial charge in [0.05, 0.1) is 18.6 Å². The first-order valence-corrected chi connectivity index (χ1v) is 9.83. The van der Waals surface area contributed by atoms with Crippen molar-refractivity contribution in [2.24, 2.45) is 0 Å². The Kier molecular flexibility index (Phi) is 7.37. The zero-order valence-corrected chi connectivity index (χ0v) is 16.8. The molecule has 2 atom stereocenters. The molecule has 0 aromatic heterocycles. The maximum Gasteiger partial charge on any atom is 0.230 e. The number of benzene rings is 3. The van der Waals surface area contributed by atoms with Gasteiger partial charge in [-0.15, -0.1) is 6.58 Å². The molecule has 3 aromatic carbocycles. The van der Waals surface area contributed by atoms with Crippen LogP contribution in [0.15, 0.2) is 97.6 Å². The molecule has 0 aliphatic heterocycles. The van der Waals surface area contributed by atoms with Gasteiger partial charge in [0.25, 0.3) is 0 Å². The quantitative estimate of drug-likeness (QED) is 0.516. The molecule has 0 heterocycles. The molecule has 0 spiro atoms. The topological polar surface area (TPSA) is 38.3 Å². The number of hydrogen-bond donors (Lipinski definition) is 1. The lowest BCUT2D eigenvalue weighted by Crippen LogP contribution is -2.36. The van der Waals surface area contributed by atoms with Gasteiger partial charge in [0, 0.05) is 6.54 Å². The predicted octanol–water partition coefficient (Wildman–Crippen LogP) is 5.17. The highest BCUT2D eigenvalue weighted by molar-refractivity contribution is 5.84. The van der Waals surface area contributed by atoms with Gasteiger partial charge in [0.1, 0.15) is 0 Å². The van der Waals surface area contributed by atoms with E-state index in [1.54, 1.807) is 6.08 Å². The molecule has 3 aromatic rings. The molecular weight excluding hydrogens is 358 g/mol. The van der Waals surface area contributed by atoms with Crippen molar-refractivity contribution in [2.75, 3.05) is 0 Å². The molecule has 0 unspecified atom stereocenters. The van der Waals surface area contributed by atoms with Crippen molar-refractivity contribution in [3.05, 3.63) is 120 Å². The fraction of sp³-hybridized carbons (Fsp3) is 0.192. The molecule has 148 valence electrons. The van der Waals surface area contributed by atoms with Crippen LogP contribution in [0.4, 0.5) is 0 Å². The summed E-state index contributed by atoms with van der Waals surface area (Å²) < 4.78 is 6.12. The van der Waals surface area contributed by atoms with E-state index in [1.807, 2.05) is 91.9 Å². The monoisotopic (exact) mass is 385 g/mol. The van der Waals surface area contributed by atoms with E-state index in [2.05, 4.69) is 11.9 Å². The summed E-state index contributed by atoms with van der Waals surface area (Å²) in [6, 6.07) is 27.9. The Morgan fingerprint density at radius 3 is 2.10 bits per heavy atom. The van der Waals surface area contributed by atoms with E-state index < -0.39 is 12.0 Å². The maximum atomic E-state index is 13.2. The largest absolute Gasteiger partial charge is 0.368 e. The number of amides is 1. The average Bonchev–Trinajstić information content (AvgIpc) is 2.77. The Balaban J connectivity index is 1.77. The van der Waals surface area contributed by atoms with E-state index in [9.17, 15) is 4.79 Å². The molecule has 0 radical (unpaired) electrons. The van der Waals surface area contributed by atoms with E-state index in [-0.39, 0.29) is 5.91 Å². The SMILES string of the molecule is C=C[C@@H](OCc1ccccc1)[C@H](C(=O)NCc1ccccc1)c1ccc(C)cc1. The number of aryl methyl sites for hydroxylation is 1. The van der Waals surface area contributed by atoms with Gasteiger partial charge in [-0.3, -0.25) is 4.79 Å². The lowest BCUT2D eigenvalue weighted by atomic mass is 9.91. The summed E-state index contributed by atoms with van der Waals surface area (Å²) in [6.07, 6.45) is 1.28. The highest BCUT2D eigenvalue weighted by atomic mass is 16.5. The van der Waals surface area contributed by atoms with Crippen LogP contribution >= 0.6 is 0 Å². The van der Waals surface area contributed by atoms with Gasteiger partial charge in [0.2, 0.25) is 5.91 Å². The molecule has 0 aliphatic carbocycles. The summed E-state index contributed by atoms with van der Waals surface area (Å²) in [6.45, 7) is 6.87. The summed E-state index contributed by atoms with van der Waals surface area (Å²) in [5.74, 6) is -0.545. The number of carbonyl (C=O) groups excluding carboxylic acids is 1. The zero-order valence-electron chi connectivity index (χ0n) is 16.8. The molecule has 0 bridgehead atoms. The average molecular weight is 386 g/mol. The third-order valence-corrected chi connectivity index (χ3v) is 4.87. The minimum Gasteiger partial charge on any atom is -0.368 e. The Morgan fingerprint density at radius 1 is 0.931 bits per heavy atom. The second kappa shape index (κ2) is 10.4. The maximum absolute atomic E-state index is 13.2. The van der Waals surface area contributed by atoms with E-state index in [4.69, 9.17) is 4.74 Å². The molecular formula is C26H27NO2. The van der Waals surface area contributed by atoms with Gasteiger partial charge in [-0.25, -0.2) is 0 Å². The van der Waals surface area contributed by atoms with Gasteiger partial charge in [-0.05, 0) is 23.6 Å². The van der Waals surface area contributed by atoms with Crippen LogP contribution in [-0.4, -0.2) is 12.0 Å². The number of hydrogen-bond acceptors (Lipinski definition) is 2. The second-order valence-corrected chi connectivity index (χ2v) is 7.09. The smallest absolute Gasteiger partial charge is 0.230 e. The first-order chi connectivity index (χ1) is 14.2. The number of ether oxygens (including phenoxy) is 1. The number of carbonyl (C=O) groups is 1. The second-order valence-electron chi connectivity index (χ2n) is 7.09. The minimum atomic E-state index is -0.472. The van der Waals surface area contributed by atoms with Gasteiger partial charge in [0.15, 0.2) is 0 Å². The van der Waals surface area contributed by atoms with Crippen LogP contribution in [0, 0.1) is 6.92 Å². The van der Waals surface area contributed by atoms with Crippen molar-refractivity contribution in [1.29, 1.82) is 0 Å². The van der Waals surface area contributed by atoms with Crippen molar-refractivity contribution in [3.8, 4) is 0 Å². The highest BCUT2D eigenvalue weighted by Gasteiger charge is 2.29. The van der Waals surface area contributed by atoms with Gasteiger partial charge in [-0.1, -0.05) is 96.6 Å². The van der Waals surface area contributed by atoms with Gasteiger partial charge in [-0.2, -0.15) is 0 Å². The summed E-state index contributed by atoms with van der Waals surface area (Å²) in [5.41, 5.74) is 4.19. The standard InChI is InChI=1S/C26H27NO2/c1-3-24(29-19-22-12-8-5-9-13-22)25(23-16-14-20(2)15-17-23)26(28)27-18-21-10-6-4-7-11-21/h3-17,24-25H,1,18-19H2,2H3,(H,27,28)/t24-,25-/m1/s1. The molecule has 3 nitrogen and oxygen atoms in total. The van der Waals surface area contributed by atoms with E-state index in [1.165, 1.54) is 0 Å². The third kappa shape index (κ3) is 5.90. The van der Waals surface area contributed by atoms with Gasteiger partial charge < -0.3 is 10.1 Å². The molecule has 0 saturated carbocycles. The number of rotatable bonds is 9. The van der Waals surface area contributed by atoms with Crippen LogP contribution in [-0.2, 0) is 22.7 Å². The summed E-state index contributed by atoms with van der Waals surface area (Å²) in [4.78, 5) is 13.2. The first kappa shape index (κ1) is 20.6. The Labute approximate surface area is 173 Å². The van der Waals surface area contributed by atoms with Crippen LogP contribution in [0.25, 0.3) is 0 Å². The lowest BCUT2D eigenvalue weighted by Gasteiger charge is -2.25. The normalized spacial score (nSPS) is 12.7. The zero-order chi connectivity index (χ0) is 20.5. The van der Waals surface area contributed by atoms with Crippen LogP contribution in [0.2, 0.25) is 0 Å². The number of nitrogens with one attached hydrogen (secondary N) is 1. The molecule has 0 aliphatic rings. The van der Waals surface area contributed by atoms with Crippen molar-refractivity contribution in [2.45, 2.75) is 32.1 Å². The molecule has 0 fully saturated rings. The molecule has 3 rings (SSSR count). The Bertz CT molecular complexity index is 904. The fourth-order valence-electron chi connectivity index (χ4n) is 3.23. The summed E-state index contributed by atoms with van der Waals surface area (Å²) in [5, 5.41) is 3.06. The third-order valence-electron chi connectivity index (χ3n) is 4.87. The molecule has 3 heteroatoms. The Hall–Kier alpha value is -3.17. The predicted molar refractivity (Wildman–Crippen MR) is 117 cm³/mol. The molecule has 1 N–H and O–H groups in total. The first-order valence-electron chi connectivity index (χ1n) is 9.83. The van der Waals surface area contributed by atoms with Crippen LogP contribution < -0.4 is 5.32 Å². The minimum absolute atomic E-state index is 0.0735. The molecule has 1 amide bonds. The van der Waals surface area contributed by atoms with Crippen molar-refractivity contribution in [1.82, 2.24) is 5.32 Å². The van der Waals surface area contributed by atoms with E-state index in [0.29, 0.717) is 13.2 Å². The van der Waals surface area contributed by atoms with Crippen LogP contribution in [0.5, 0.6) is 0 Å². The van der Waals surface area contributed by atoms with Crippen molar-refractivity contribution in [3.63, 3.8) is 0 Å². The highest BCUT2D eigenvalue weighted by Crippen LogP contribution is 2.25. The summed E-state index contributed by atoms with van der Waals surface area (Å²) in [7, 11) is 0. The van der Waals surface area contributed by atoms with E-state index >= 15 is 0 Å². The van der Waals surface area contributed by atoms with Crippen LogP contribution in [0.3, 0.4) is 0 Å². The molecule has 29 heavy (non-hydrogen) atoms. The lowest BCUT2D eigenvalue weighted by molar-refractivity contribution is -0.125. The van der Waals surface area contributed by atoms with Crippen LogP contribution in [0.1, 0.15) is 28.2 Å². The fourth-order valence-corrected chi connectivity index (χ4v) is 3.23. The summed E-state index contributed by atoms with van der Waals surface area (Å²) >= 11 is 0. The van der Waals surface area contributed by atoms with Gasteiger partial charge >= 0.3 is 0 Å².